The Kier molecular flexibility index (Phi) is 10.3. The molecule has 0 amide bonds. The predicted molar refractivity (Wildman–Crippen MR) is 100 cm³/mol. The molecule has 6 nitrogen and oxygen atoms in total. The maximum Gasteiger partial charge on any atom is 1.00 e. The Hall–Kier alpha value is -1.17. The van der Waals surface area contributed by atoms with Crippen LogP contribution in [0.15, 0.2) is 46.0 Å². The molecule has 0 unspecified atom stereocenters. The Bertz CT molecular complexity index is 824. The number of ether oxygens (including phenoxy) is 1. The Morgan fingerprint density at radius 1 is 1.30 bits per heavy atom. The van der Waals surface area contributed by atoms with E-state index in [0.29, 0.717) is 16.7 Å². The number of hydrogen-bond donors (Lipinski definition) is 1. The van der Waals surface area contributed by atoms with Gasteiger partial charge in [0.2, 0.25) is 0 Å². The minimum absolute atomic E-state index is 0. The van der Waals surface area contributed by atoms with Gasteiger partial charge in [0.1, 0.15) is 16.7 Å². The summed E-state index contributed by atoms with van der Waals surface area (Å²) in [7, 11) is 0. The molecule has 0 spiro atoms. The van der Waals surface area contributed by atoms with Crippen LogP contribution in [0.1, 0.15) is 25.3 Å². The quantitative estimate of drug-likeness (QED) is 0.265. The van der Waals surface area contributed by atoms with E-state index in [1.54, 1.807) is 24.5 Å². The molecule has 138 valence electrons. The van der Waals surface area contributed by atoms with Gasteiger partial charge in [0.15, 0.2) is 12.3 Å². The van der Waals surface area contributed by atoms with Gasteiger partial charge in [-0.2, -0.15) is 17.0 Å². The summed E-state index contributed by atoms with van der Waals surface area (Å²) in [5.74, 6) is -0.326. The second-order valence-electron chi connectivity index (χ2n) is 5.34. The summed E-state index contributed by atoms with van der Waals surface area (Å²) in [6.45, 7) is 3.70. The van der Waals surface area contributed by atoms with Crippen molar-refractivity contribution in [2.75, 3.05) is 0 Å². The molecule has 0 aliphatic carbocycles. The van der Waals surface area contributed by atoms with Gasteiger partial charge in [0.05, 0.1) is 0 Å². The van der Waals surface area contributed by atoms with E-state index in [9.17, 15) is 12.8 Å². The van der Waals surface area contributed by atoms with Crippen LogP contribution < -0.4 is 40.0 Å². The Morgan fingerprint density at radius 2 is 1.96 bits per heavy atom. The maximum absolute atomic E-state index is 14.1. The first kappa shape index (κ1) is 23.9. The van der Waals surface area contributed by atoms with E-state index in [2.05, 4.69) is 14.4 Å². The SMILES string of the molecule is CC(C)c1cc(F)cc(-c2ccncc2)c1OC(=N\SF)/N=C(\N)S[O-].[Na+]. The van der Waals surface area contributed by atoms with Gasteiger partial charge in [-0.1, -0.05) is 13.8 Å². The molecule has 1 aromatic carbocycles. The minimum atomic E-state index is -0.456. The minimum Gasteiger partial charge on any atom is -0.793 e. The summed E-state index contributed by atoms with van der Waals surface area (Å²) in [5.41, 5.74) is 6.94. The zero-order valence-corrected chi connectivity index (χ0v) is 18.5. The van der Waals surface area contributed by atoms with Crippen molar-refractivity contribution in [3.05, 3.63) is 48.0 Å². The molecule has 0 fully saturated rings. The topological polar surface area (TPSA) is 95.9 Å². The van der Waals surface area contributed by atoms with Crippen LogP contribution in [0.25, 0.3) is 11.1 Å². The Morgan fingerprint density at radius 3 is 2.52 bits per heavy atom. The van der Waals surface area contributed by atoms with Crippen LogP contribution in [0.3, 0.4) is 0 Å². The third kappa shape index (κ3) is 6.74. The molecule has 11 heteroatoms. The molecule has 0 radical (unpaired) electrons. The summed E-state index contributed by atoms with van der Waals surface area (Å²) < 4.78 is 46.5. The predicted octanol–water partition coefficient (Wildman–Crippen LogP) is 1.46. The fourth-order valence-corrected chi connectivity index (χ4v) is 2.45. The standard InChI is InChI=1S/C16H16F2N4O2S2.Na/c1-9(2)12-7-11(17)8-13(10-3-5-20-6-4-10)14(12)24-16(22-26-18)21-15(19)25-23;/h3-9,23H,1-2H3,(H2,19,21,22);/q;+1/p-1. The van der Waals surface area contributed by atoms with E-state index in [-0.39, 0.29) is 53.3 Å². The molecule has 0 atom stereocenters. The van der Waals surface area contributed by atoms with Crippen LogP contribution in [0, 0.1) is 5.82 Å². The number of benzene rings is 1. The fourth-order valence-electron chi connectivity index (χ4n) is 2.20. The molecule has 2 rings (SSSR count). The van der Waals surface area contributed by atoms with Crippen molar-refractivity contribution in [2.45, 2.75) is 19.8 Å². The number of amidine groups is 2. The molecule has 0 saturated carbocycles. The molecular weight excluding hydrogens is 405 g/mol. The van der Waals surface area contributed by atoms with Crippen molar-refractivity contribution in [1.29, 1.82) is 0 Å². The zero-order valence-electron chi connectivity index (χ0n) is 14.8. The van der Waals surface area contributed by atoms with Gasteiger partial charge < -0.3 is 15.0 Å². The van der Waals surface area contributed by atoms with Crippen LogP contribution in [-0.2, 0) is 0 Å². The van der Waals surface area contributed by atoms with E-state index in [0.717, 1.165) is 0 Å². The maximum atomic E-state index is 14.1. The number of hydrogen-bond acceptors (Lipinski definition) is 6. The average Bonchev–Trinajstić information content (AvgIpc) is 2.63. The number of pyridine rings is 1. The van der Waals surface area contributed by atoms with Crippen LogP contribution in [0.2, 0.25) is 0 Å². The van der Waals surface area contributed by atoms with Gasteiger partial charge in [-0.3, -0.25) is 4.98 Å². The van der Waals surface area contributed by atoms with Gasteiger partial charge >= 0.3 is 35.6 Å². The molecule has 27 heavy (non-hydrogen) atoms. The summed E-state index contributed by atoms with van der Waals surface area (Å²) in [4.78, 5) is 7.58. The first-order valence-corrected chi connectivity index (χ1v) is 8.79. The van der Waals surface area contributed by atoms with Crippen LogP contribution in [0.5, 0.6) is 5.75 Å². The number of aromatic nitrogens is 1. The Balaban J connectivity index is 0.00000364. The smallest absolute Gasteiger partial charge is 0.793 e. The average molecular weight is 420 g/mol. The number of aliphatic imine (C=N–C) groups is 1. The van der Waals surface area contributed by atoms with Crippen molar-refractivity contribution >= 4 is 35.6 Å². The number of nitrogens with zero attached hydrogens (tertiary/aromatic N) is 3. The third-order valence-electron chi connectivity index (χ3n) is 3.29. The van der Waals surface area contributed by atoms with Crippen molar-refractivity contribution in [2.24, 2.45) is 15.1 Å². The number of nitrogens with two attached hydrogens (primary N) is 1. The van der Waals surface area contributed by atoms with Crippen LogP contribution in [-0.4, -0.2) is 20.7 Å². The molecular formula is C16H15F2N4NaO2S2. The van der Waals surface area contributed by atoms with Crippen molar-refractivity contribution in [3.8, 4) is 16.9 Å². The van der Waals surface area contributed by atoms with Gasteiger partial charge in [0, 0.05) is 23.5 Å². The van der Waals surface area contributed by atoms with E-state index in [1.165, 1.54) is 12.1 Å². The van der Waals surface area contributed by atoms with Crippen LogP contribution >= 0.6 is 24.4 Å². The summed E-state index contributed by atoms with van der Waals surface area (Å²) >= 11 is -0.475. The van der Waals surface area contributed by atoms with Crippen LogP contribution in [0.4, 0.5) is 8.28 Å². The van der Waals surface area contributed by atoms with Gasteiger partial charge in [-0.05, 0) is 35.7 Å². The fraction of sp³-hybridized carbons (Fsp3) is 0.188. The third-order valence-corrected chi connectivity index (χ3v) is 3.78. The van der Waals surface area contributed by atoms with E-state index >= 15 is 0 Å². The largest absolute Gasteiger partial charge is 1.00 e. The summed E-state index contributed by atoms with van der Waals surface area (Å²) in [6.07, 6.45) is 3.10. The molecule has 1 aromatic heterocycles. The molecule has 2 aromatic rings. The molecule has 0 saturated heterocycles. The van der Waals surface area contributed by atoms with E-state index in [1.807, 2.05) is 13.8 Å². The molecule has 0 aliphatic rings. The summed E-state index contributed by atoms with van der Waals surface area (Å²) in [5, 5.41) is -0.392. The molecule has 1 heterocycles. The second-order valence-corrected chi connectivity index (χ2v) is 6.25. The normalized spacial score (nSPS) is 12.1. The van der Waals surface area contributed by atoms with Crippen molar-refractivity contribution in [3.63, 3.8) is 0 Å². The molecule has 0 aliphatic heterocycles. The van der Waals surface area contributed by atoms with Gasteiger partial charge in [-0.25, -0.2) is 4.39 Å². The molecule has 0 bridgehead atoms. The first-order valence-electron chi connectivity index (χ1n) is 7.37. The van der Waals surface area contributed by atoms with E-state index in [4.69, 9.17) is 10.5 Å². The Labute approximate surface area is 186 Å². The zero-order chi connectivity index (χ0) is 19.1. The van der Waals surface area contributed by atoms with Gasteiger partial charge in [-0.15, -0.1) is 8.28 Å². The molecule has 2 N–H and O–H groups in total. The van der Waals surface area contributed by atoms with Crippen molar-refractivity contribution < 1.29 is 47.1 Å². The monoisotopic (exact) mass is 420 g/mol. The van der Waals surface area contributed by atoms with E-state index < -0.39 is 29.3 Å². The summed E-state index contributed by atoms with van der Waals surface area (Å²) in [6, 6.07) is 5.50. The second kappa shape index (κ2) is 11.6. The first-order chi connectivity index (χ1) is 12.5. The number of rotatable bonds is 4. The van der Waals surface area contributed by atoms with Gasteiger partial charge in [0.25, 0.3) is 0 Å². The van der Waals surface area contributed by atoms with Crippen molar-refractivity contribution in [1.82, 2.24) is 4.98 Å². The number of halogens is 2.